The fourth-order valence-corrected chi connectivity index (χ4v) is 2.98. The summed E-state index contributed by atoms with van der Waals surface area (Å²) in [6.07, 6.45) is 0. The fourth-order valence-electron chi connectivity index (χ4n) is 1.91. The second-order valence-corrected chi connectivity index (χ2v) is 6.07. The molecular formula is C12H13Br2ClN4. The Balaban J connectivity index is 2.48. The number of hydrogen-bond donors (Lipinski definition) is 1. The molecule has 0 saturated heterocycles. The average molecular weight is 409 g/mol. The maximum absolute atomic E-state index is 6.04. The minimum atomic E-state index is 0.00735. The third kappa shape index (κ3) is 3.18. The van der Waals surface area contributed by atoms with Crippen molar-refractivity contribution in [1.29, 1.82) is 0 Å². The van der Waals surface area contributed by atoms with Crippen molar-refractivity contribution in [3.8, 4) is 0 Å². The number of nitrogens with zero attached hydrogens (tertiary/aromatic N) is 3. The van der Waals surface area contributed by atoms with Gasteiger partial charge in [-0.15, -0.1) is 5.10 Å². The van der Waals surface area contributed by atoms with Gasteiger partial charge in [0, 0.05) is 11.5 Å². The predicted octanol–water partition coefficient (Wildman–Crippen LogP) is 3.69. The molecule has 1 unspecified atom stereocenters. The minimum Gasteiger partial charge on any atom is -0.305 e. The molecule has 1 heterocycles. The van der Waals surface area contributed by atoms with E-state index < -0.39 is 0 Å². The van der Waals surface area contributed by atoms with Gasteiger partial charge in [0.05, 0.1) is 16.8 Å². The van der Waals surface area contributed by atoms with E-state index in [-0.39, 0.29) is 6.04 Å². The maximum Gasteiger partial charge on any atom is 0.153 e. The van der Waals surface area contributed by atoms with Gasteiger partial charge in [-0.1, -0.05) is 29.8 Å². The Hall–Kier alpha value is -0.430. The van der Waals surface area contributed by atoms with Crippen LogP contribution in [0.15, 0.2) is 27.3 Å². The van der Waals surface area contributed by atoms with Crippen molar-refractivity contribution in [2.24, 2.45) is 7.05 Å². The molecule has 1 N–H and O–H groups in total. The van der Waals surface area contributed by atoms with Crippen LogP contribution in [0.3, 0.4) is 0 Å². The number of rotatable bonds is 4. The van der Waals surface area contributed by atoms with Crippen LogP contribution in [0.1, 0.15) is 24.2 Å². The monoisotopic (exact) mass is 406 g/mol. The molecule has 0 bridgehead atoms. The molecule has 0 aliphatic rings. The van der Waals surface area contributed by atoms with Crippen molar-refractivity contribution in [3.63, 3.8) is 0 Å². The van der Waals surface area contributed by atoms with Crippen LogP contribution in [-0.4, -0.2) is 21.5 Å². The predicted molar refractivity (Wildman–Crippen MR) is 83.4 cm³/mol. The zero-order valence-corrected chi connectivity index (χ0v) is 14.4. The van der Waals surface area contributed by atoms with Gasteiger partial charge in [0.2, 0.25) is 0 Å². The first-order valence-electron chi connectivity index (χ1n) is 5.78. The molecule has 0 fully saturated rings. The van der Waals surface area contributed by atoms with E-state index in [4.69, 9.17) is 11.6 Å². The van der Waals surface area contributed by atoms with E-state index in [2.05, 4.69) is 54.4 Å². The molecule has 102 valence electrons. The van der Waals surface area contributed by atoms with Crippen LogP contribution in [0, 0.1) is 0 Å². The highest BCUT2D eigenvalue weighted by Crippen LogP contribution is 2.31. The molecule has 0 amide bonds. The van der Waals surface area contributed by atoms with Crippen LogP contribution >= 0.6 is 43.5 Å². The van der Waals surface area contributed by atoms with Crippen molar-refractivity contribution in [2.75, 3.05) is 6.54 Å². The Kier molecular flexibility index (Phi) is 5.00. The lowest BCUT2D eigenvalue weighted by molar-refractivity contribution is 0.567. The van der Waals surface area contributed by atoms with Gasteiger partial charge in [-0.3, -0.25) is 0 Å². The van der Waals surface area contributed by atoms with Crippen LogP contribution in [0.25, 0.3) is 0 Å². The van der Waals surface area contributed by atoms with E-state index in [1.54, 1.807) is 4.68 Å². The summed E-state index contributed by atoms with van der Waals surface area (Å²) in [5.41, 5.74) is 2.08. The first-order valence-corrected chi connectivity index (χ1v) is 7.74. The third-order valence-electron chi connectivity index (χ3n) is 2.79. The number of halogens is 3. The van der Waals surface area contributed by atoms with E-state index in [0.29, 0.717) is 5.02 Å². The van der Waals surface area contributed by atoms with Crippen molar-refractivity contribution in [1.82, 2.24) is 20.3 Å². The molecular weight excluding hydrogens is 395 g/mol. The van der Waals surface area contributed by atoms with Gasteiger partial charge in [0.1, 0.15) is 0 Å². The van der Waals surface area contributed by atoms with E-state index in [9.17, 15) is 0 Å². The minimum absolute atomic E-state index is 0.00735. The number of hydrogen-bond acceptors (Lipinski definition) is 3. The quantitative estimate of drug-likeness (QED) is 0.839. The molecule has 2 rings (SSSR count). The zero-order chi connectivity index (χ0) is 14.0. The highest BCUT2D eigenvalue weighted by Gasteiger charge is 2.21. The Bertz CT molecular complexity index is 566. The molecule has 0 radical (unpaired) electrons. The summed E-state index contributed by atoms with van der Waals surface area (Å²) < 4.78 is 3.38. The molecule has 4 nitrogen and oxygen atoms in total. The molecule has 1 aromatic heterocycles. The van der Waals surface area contributed by atoms with Crippen LogP contribution in [-0.2, 0) is 7.05 Å². The lowest BCUT2D eigenvalue weighted by Crippen LogP contribution is -2.24. The molecule has 0 spiro atoms. The molecule has 2 aromatic rings. The summed E-state index contributed by atoms with van der Waals surface area (Å²) in [6, 6.07) is 5.89. The number of benzene rings is 1. The van der Waals surface area contributed by atoms with Gasteiger partial charge < -0.3 is 5.32 Å². The lowest BCUT2D eigenvalue weighted by Gasteiger charge is -2.19. The van der Waals surface area contributed by atoms with Gasteiger partial charge in [0.15, 0.2) is 4.60 Å². The smallest absolute Gasteiger partial charge is 0.153 e. The van der Waals surface area contributed by atoms with Crippen molar-refractivity contribution >= 4 is 43.5 Å². The normalized spacial score (nSPS) is 12.7. The SMILES string of the molecule is CCNC(c1ccc(Cl)c(Br)c1)c1c(Br)nnn1C. The van der Waals surface area contributed by atoms with Gasteiger partial charge in [-0.05, 0) is 56.1 Å². The van der Waals surface area contributed by atoms with Gasteiger partial charge in [0.25, 0.3) is 0 Å². The van der Waals surface area contributed by atoms with Crippen molar-refractivity contribution in [2.45, 2.75) is 13.0 Å². The molecule has 7 heteroatoms. The summed E-state index contributed by atoms with van der Waals surface area (Å²) in [5, 5.41) is 12.2. The van der Waals surface area contributed by atoms with E-state index >= 15 is 0 Å². The van der Waals surface area contributed by atoms with Crippen molar-refractivity contribution < 1.29 is 0 Å². The van der Waals surface area contributed by atoms with E-state index in [1.165, 1.54) is 0 Å². The largest absolute Gasteiger partial charge is 0.305 e. The maximum atomic E-state index is 6.04. The lowest BCUT2D eigenvalue weighted by atomic mass is 10.0. The summed E-state index contributed by atoms with van der Waals surface area (Å²) in [5.74, 6) is 0. The summed E-state index contributed by atoms with van der Waals surface area (Å²) in [6.45, 7) is 2.90. The van der Waals surface area contributed by atoms with Crippen LogP contribution in [0.4, 0.5) is 0 Å². The van der Waals surface area contributed by atoms with Crippen LogP contribution < -0.4 is 5.32 Å². The fraction of sp³-hybridized carbons (Fsp3) is 0.333. The molecule has 0 aliphatic heterocycles. The highest BCUT2D eigenvalue weighted by atomic mass is 79.9. The molecule has 0 aliphatic carbocycles. The molecule has 1 atom stereocenters. The number of nitrogens with one attached hydrogen (secondary N) is 1. The first kappa shape index (κ1) is 15.0. The first-order chi connectivity index (χ1) is 9.04. The van der Waals surface area contributed by atoms with Crippen molar-refractivity contribution in [3.05, 3.63) is 43.6 Å². The van der Waals surface area contributed by atoms with Crippen LogP contribution in [0.2, 0.25) is 5.02 Å². The Labute approximate surface area is 133 Å². The highest BCUT2D eigenvalue weighted by molar-refractivity contribution is 9.10. The summed E-state index contributed by atoms with van der Waals surface area (Å²) >= 11 is 12.9. The van der Waals surface area contributed by atoms with Gasteiger partial charge in [-0.2, -0.15) is 0 Å². The molecule has 1 aromatic carbocycles. The zero-order valence-electron chi connectivity index (χ0n) is 10.5. The average Bonchev–Trinajstić information content (AvgIpc) is 2.70. The Morgan fingerprint density at radius 2 is 2.16 bits per heavy atom. The Morgan fingerprint density at radius 3 is 2.68 bits per heavy atom. The third-order valence-corrected chi connectivity index (χ3v) is 4.56. The summed E-state index contributed by atoms with van der Waals surface area (Å²) in [4.78, 5) is 0. The Morgan fingerprint density at radius 1 is 1.42 bits per heavy atom. The standard InChI is InChI=1S/C12H13Br2ClN4/c1-3-16-10(11-12(14)17-18-19(11)2)7-4-5-9(15)8(13)6-7/h4-6,10,16H,3H2,1-2H3. The topological polar surface area (TPSA) is 42.7 Å². The summed E-state index contributed by atoms with van der Waals surface area (Å²) in [7, 11) is 1.88. The number of aryl methyl sites for hydroxylation is 1. The van der Waals surface area contributed by atoms with Crippen LogP contribution in [0.5, 0.6) is 0 Å². The number of aromatic nitrogens is 3. The van der Waals surface area contributed by atoms with Gasteiger partial charge in [-0.25, -0.2) is 4.68 Å². The van der Waals surface area contributed by atoms with E-state index in [1.807, 2.05) is 25.2 Å². The second kappa shape index (κ2) is 6.35. The molecule has 19 heavy (non-hydrogen) atoms. The van der Waals surface area contributed by atoms with Gasteiger partial charge >= 0.3 is 0 Å². The molecule has 0 saturated carbocycles. The van der Waals surface area contributed by atoms with E-state index in [0.717, 1.165) is 26.9 Å². The second-order valence-electron chi connectivity index (χ2n) is 4.05.